The third kappa shape index (κ3) is 2.03. The topological polar surface area (TPSA) is 8.17 Å². The van der Waals surface area contributed by atoms with E-state index in [-0.39, 0.29) is 0 Å². The lowest BCUT2D eigenvalue weighted by molar-refractivity contribution is 0.139. The number of rotatable bonds is 3. The number of nitrogens with zero attached hydrogens (tertiary/aromatic N) is 2. The van der Waals surface area contributed by atoms with E-state index in [2.05, 4.69) is 28.5 Å². The summed E-state index contributed by atoms with van der Waals surface area (Å²) in [5.74, 6) is 0. The Kier molecular flexibility index (Phi) is 3.47. The summed E-state index contributed by atoms with van der Waals surface area (Å²) in [6.07, 6.45) is 6.44. The minimum atomic E-state index is 0.623. The van der Waals surface area contributed by atoms with Gasteiger partial charge in [0, 0.05) is 24.2 Å². The molecule has 0 N–H and O–H groups in total. The molecule has 0 saturated heterocycles. The van der Waals surface area contributed by atoms with Crippen molar-refractivity contribution in [3.63, 3.8) is 0 Å². The second-order valence-corrected chi connectivity index (χ2v) is 6.86. The molecule has 0 spiro atoms. The molecule has 2 aromatic rings. The maximum Gasteiger partial charge on any atom is 0.0675 e. The van der Waals surface area contributed by atoms with Gasteiger partial charge < -0.3 is 4.57 Å². The summed E-state index contributed by atoms with van der Waals surface area (Å²) in [6.45, 7) is 5.80. The average molecular weight is 303 g/mol. The van der Waals surface area contributed by atoms with Crippen molar-refractivity contribution in [2.75, 3.05) is 13.1 Å². The lowest BCUT2D eigenvalue weighted by Crippen LogP contribution is -2.40. The monoisotopic (exact) mass is 302 g/mol. The Labute approximate surface area is 131 Å². The second kappa shape index (κ2) is 5.33. The van der Waals surface area contributed by atoms with Crippen LogP contribution >= 0.6 is 11.6 Å². The molecule has 1 aromatic heterocycles. The van der Waals surface area contributed by atoms with Crippen molar-refractivity contribution < 1.29 is 0 Å². The number of aromatic nitrogens is 1. The van der Waals surface area contributed by atoms with Crippen LogP contribution in [0.3, 0.4) is 0 Å². The van der Waals surface area contributed by atoms with Crippen molar-refractivity contribution in [3.8, 4) is 0 Å². The average Bonchev–Trinajstić information content (AvgIpc) is 2.84. The summed E-state index contributed by atoms with van der Waals surface area (Å²) in [6, 6.07) is 7.03. The van der Waals surface area contributed by atoms with Gasteiger partial charge >= 0.3 is 0 Å². The van der Waals surface area contributed by atoms with Gasteiger partial charge in [-0.1, -0.05) is 37.1 Å². The summed E-state index contributed by atoms with van der Waals surface area (Å²) in [5.41, 5.74) is 4.43. The minimum Gasteiger partial charge on any atom is -0.340 e. The van der Waals surface area contributed by atoms with Gasteiger partial charge in [0.05, 0.1) is 16.6 Å². The number of halogens is 1. The van der Waals surface area contributed by atoms with Gasteiger partial charge in [-0.3, -0.25) is 4.90 Å². The molecule has 2 heterocycles. The minimum absolute atomic E-state index is 0.623. The molecule has 2 aliphatic rings. The van der Waals surface area contributed by atoms with E-state index in [1.165, 1.54) is 56.1 Å². The molecule has 2 nitrogen and oxygen atoms in total. The van der Waals surface area contributed by atoms with E-state index >= 15 is 0 Å². The molecule has 1 aliphatic carbocycles. The van der Waals surface area contributed by atoms with E-state index in [9.17, 15) is 0 Å². The Morgan fingerprint density at radius 1 is 1.29 bits per heavy atom. The van der Waals surface area contributed by atoms with E-state index in [1.807, 2.05) is 6.07 Å². The van der Waals surface area contributed by atoms with Crippen LogP contribution in [-0.4, -0.2) is 22.6 Å². The molecule has 21 heavy (non-hydrogen) atoms. The number of para-hydroxylation sites is 1. The van der Waals surface area contributed by atoms with Crippen LogP contribution in [0.15, 0.2) is 18.2 Å². The predicted octanol–water partition coefficient (Wildman–Crippen LogP) is 4.79. The van der Waals surface area contributed by atoms with Crippen LogP contribution in [0.1, 0.15) is 49.9 Å². The highest BCUT2D eigenvalue weighted by Crippen LogP contribution is 2.44. The van der Waals surface area contributed by atoms with E-state index in [1.54, 1.807) is 11.3 Å². The quantitative estimate of drug-likeness (QED) is 0.791. The molecule has 1 aromatic carbocycles. The molecular weight excluding hydrogens is 280 g/mol. The smallest absolute Gasteiger partial charge is 0.0675 e. The fraction of sp³-hybridized carbons (Fsp3) is 0.556. The standard InChI is InChI=1S/C18H23ClN2/c1-2-3-10-20-11-12-21-17-13(6-4-8-15(17)19)14-7-5-9-16(20)18(14)21/h4,6,8,16H,2-3,5,7,9-12H2,1H3/t16-/m0/s1. The molecular formula is C18H23ClN2. The zero-order valence-corrected chi connectivity index (χ0v) is 13.5. The fourth-order valence-electron chi connectivity index (χ4n) is 4.31. The molecule has 0 amide bonds. The summed E-state index contributed by atoms with van der Waals surface area (Å²) < 4.78 is 2.53. The van der Waals surface area contributed by atoms with E-state index in [4.69, 9.17) is 11.6 Å². The zero-order valence-electron chi connectivity index (χ0n) is 12.7. The summed E-state index contributed by atoms with van der Waals surface area (Å²) in [5, 5.41) is 2.32. The van der Waals surface area contributed by atoms with Gasteiger partial charge in [-0.15, -0.1) is 0 Å². The lowest BCUT2D eigenvalue weighted by Gasteiger charge is -2.40. The van der Waals surface area contributed by atoms with Crippen molar-refractivity contribution in [3.05, 3.63) is 34.5 Å². The third-order valence-electron chi connectivity index (χ3n) is 5.25. The maximum absolute atomic E-state index is 6.52. The first kappa shape index (κ1) is 13.7. The SMILES string of the molecule is CCCCN1CCn2c3c(c4cccc(Cl)c42)CCC[C@@H]31. The van der Waals surface area contributed by atoms with Crippen LogP contribution in [0.2, 0.25) is 5.02 Å². The largest absolute Gasteiger partial charge is 0.340 e. The van der Waals surface area contributed by atoms with E-state index < -0.39 is 0 Å². The first-order chi connectivity index (χ1) is 10.3. The molecule has 0 unspecified atom stereocenters. The fourth-order valence-corrected chi connectivity index (χ4v) is 4.58. The molecule has 112 valence electrons. The van der Waals surface area contributed by atoms with Crippen molar-refractivity contribution in [2.24, 2.45) is 0 Å². The van der Waals surface area contributed by atoms with Gasteiger partial charge in [0.1, 0.15) is 0 Å². The predicted molar refractivity (Wildman–Crippen MR) is 89.1 cm³/mol. The molecule has 0 fully saturated rings. The van der Waals surface area contributed by atoms with Crippen molar-refractivity contribution in [2.45, 2.75) is 51.6 Å². The highest BCUT2D eigenvalue weighted by Gasteiger charge is 2.34. The molecule has 0 radical (unpaired) electrons. The first-order valence-electron chi connectivity index (χ1n) is 8.34. The summed E-state index contributed by atoms with van der Waals surface area (Å²) in [4.78, 5) is 2.72. The van der Waals surface area contributed by atoms with Crippen LogP contribution in [-0.2, 0) is 13.0 Å². The van der Waals surface area contributed by atoms with Crippen LogP contribution in [0.25, 0.3) is 10.9 Å². The number of fused-ring (bicyclic) bond motifs is 3. The normalized spacial score (nSPS) is 21.7. The Bertz CT molecular complexity index is 673. The number of unbranched alkanes of at least 4 members (excludes halogenated alkanes) is 1. The Balaban J connectivity index is 1.86. The maximum atomic E-state index is 6.52. The van der Waals surface area contributed by atoms with Crippen molar-refractivity contribution in [1.82, 2.24) is 9.47 Å². The highest BCUT2D eigenvalue weighted by atomic mass is 35.5. The molecule has 0 saturated carbocycles. The summed E-state index contributed by atoms with van der Waals surface area (Å²) >= 11 is 6.52. The first-order valence-corrected chi connectivity index (χ1v) is 8.72. The van der Waals surface area contributed by atoms with Crippen LogP contribution in [0.5, 0.6) is 0 Å². The lowest BCUT2D eigenvalue weighted by atomic mass is 9.89. The Morgan fingerprint density at radius 2 is 2.19 bits per heavy atom. The van der Waals surface area contributed by atoms with Crippen molar-refractivity contribution in [1.29, 1.82) is 0 Å². The van der Waals surface area contributed by atoms with E-state index in [0.29, 0.717) is 6.04 Å². The Morgan fingerprint density at radius 3 is 3.05 bits per heavy atom. The highest BCUT2D eigenvalue weighted by molar-refractivity contribution is 6.35. The molecule has 4 rings (SSSR count). The number of hydrogen-bond donors (Lipinski definition) is 0. The van der Waals surface area contributed by atoms with Crippen LogP contribution in [0, 0.1) is 0 Å². The van der Waals surface area contributed by atoms with Crippen LogP contribution in [0.4, 0.5) is 0 Å². The Hall–Kier alpha value is -0.990. The second-order valence-electron chi connectivity index (χ2n) is 6.45. The van der Waals surface area contributed by atoms with Crippen LogP contribution < -0.4 is 0 Å². The van der Waals surface area contributed by atoms with Gasteiger partial charge in [-0.2, -0.15) is 0 Å². The van der Waals surface area contributed by atoms with Crippen molar-refractivity contribution >= 4 is 22.5 Å². The molecule has 0 bridgehead atoms. The number of benzene rings is 1. The third-order valence-corrected chi connectivity index (χ3v) is 5.56. The van der Waals surface area contributed by atoms with Gasteiger partial charge in [-0.25, -0.2) is 0 Å². The molecule has 3 heteroatoms. The molecule has 1 aliphatic heterocycles. The molecule has 1 atom stereocenters. The van der Waals surface area contributed by atoms with Gasteiger partial charge in [-0.05, 0) is 43.9 Å². The van der Waals surface area contributed by atoms with Gasteiger partial charge in [0.25, 0.3) is 0 Å². The zero-order chi connectivity index (χ0) is 14.4. The summed E-state index contributed by atoms with van der Waals surface area (Å²) in [7, 11) is 0. The number of hydrogen-bond acceptors (Lipinski definition) is 1. The number of aryl methyl sites for hydroxylation is 1. The van der Waals surface area contributed by atoms with Gasteiger partial charge in [0.15, 0.2) is 0 Å². The van der Waals surface area contributed by atoms with E-state index in [0.717, 1.165) is 11.6 Å². The van der Waals surface area contributed by atoms with Gasteiger partial charge in [0.2, 0.25) is 0 Å².